The molecule has 0 fully saturated rings. The van der Waals surface area contributed by atoms with Crippen LogP contribution in [0.3, 0.4) is 0 Å². The van der Waals surface area contributed by atoms with Crippen LogP contribution in [0.5, 0.6) is 11.6 Å². The van der Waals surface area contributed by atoms with E-state index in [0.29, 0.717) is 0 Å². The van der Waals surface area contributed by atoms with Crippen molar-refractivity contribution in [2.45, 2.75) is 0 Å². The number of hydrogen-bond donors (Lipinski definition) is 1. The highest BCUT2D eigenvalue weighted by Crippen LogP contribution is 2.35. The Morgan fingerprint density at radius 2 is 2.16 bits per heavy atom. The van der Waals surface area contributed by atoms with Crippen LogP contribution < -0.4 is 10.5 Å². The Kier molecular flexibility index (Phi) is 3.56. The first-order valence-electron chi connectivity index (χ1n) is 4.87. The lowest BCUT2D eigenvalue weighted by Gasteiger charge is -2.07. The van der Waals surface area contributed by atoms with Gasteiger partial charge < -0.3 is 10.5 Å². The zero-order chi connectivity index (χ0) is 14.0. The SMILES string of the molecule is Nc1ncnc(Oc2cc(F)ccc2[N+](=O)[O-])c1Br. The summed E-state index contributed by atoms with van der Waals surface area (Å²) in [6, 6.07) is 2.86. The number of nitro benzene ring substituents is 1. The van der Waals surface area contributed by atoms with Gasteiger partial charge in [0.05, 0.1) is 4.92 Å². The maximum Gasteiger partial charge on any atom is 0.311 e. The average Bonchev–Trinajstić information content (AvgIpc) is 2.35. The molecule has 1 aromatic heterocycles. The number of benzene rings is 1. The summed E-state index contributed by atoms with van der Waals surface area (Å²) in [7, 11) is 0. The van der Waals surface area contributed by atoms with Crippen LogP contribution in [-0.4, -0.2) is 14.9 Å². The standard InChI is InChI=1S/C10H6BrFN4O3/c11-8-9(13)14-4-15-10(8)19-7-3-5(12)1-2-6(7)16(17)18/h1-4H,(H2,13,14,15). The summed E-state index contributed by atoms with van der Waals surface area (Å²) in [6.45, 7) is 0. The summed E-state index contributed by atoms with van der Waals surface area (Å²) in [5.74, 6) is -0.882. The summed E-state index contributed by atoms with van der Waals surface area (Å²) in [5.41, 5.74) is 5.13. The summed E-state index contributed by atoms with van der Waals surface area (Å²) >= 11 is 3.08. The molecule has 0 unspecified atom stereocenters. The highest BCUT2D eigenvalue weighted by Gasteiger charge is 2.19. The predicted molar refractivity (Wildman–Crippen MR) is 67.3 cm³/mol. The molecule has 0 aliphatic heterocycles. The normalized spacial score (nSPS) is 10.2. The third kappa shape index (κ3) is 2.76. The average molecular weight is 329 g/mol. The molecule has 2 rings (SSSR count). The third-order valence-electron chi connectivity index (χ3n) is 2.11. The van der Waals surface area contributed by atoms with Crippen molar-refractivity contribution in [3.8, 4) is 11.6 Å². The quantitative estimate of drug-likeness (QED) is 0.686. The number of hydrogen-bond acceptors (Lipinski definition) is 6. The zero-order valence-electron chi connectivity index (χ0n) is 9.21. The van der Waals surface area contributed by atoms with E-state index in [0.717, 1.165) is 24.5 Å². The minimum absolute atomic E-state index is 0.0406. The molecule has 0 saturated heterocycles. The Morgan fingerprint density at radius 1 is 1.42 bits per heavy atom. The monoisotopic (exact) mass is 328 g/mol. The van der Waals surface area contributed by atoms with Crippen molar-refractivity contribution in [1.82, 2.24) is 9.97 Å². The fourth-order valence-electron chi connectivity index (χ4n) is 1.26. The molecule has 0 atom stereocenters. The van der Waals surface area contributed by atoms with Gasteiger partial charge in [-0.3, -0.25) is 10.1 Å². The number of aromatic nitrogens is 2. The second-order valence-corrected chi connectivity index (χ2v) is 4.14. The van der Waals surface area contributed by atoms with Crippen molar-refractivity contribution < 1.29 is 14.1 Å². The summed E-state index contributed by atoms with van der Waals surface area (Å²) in [5, 5.41) is 10.8. The maximum absolute atomic E-state index is 13.1. The van der Waals surface area contributed by atoms with E-state index in [1.165, 1.54) is 0 Å². The molecule has 9 heteroatoms. The van der Waals surface area contributed by atoms with E-state index in [9.17, 15) is 14.5 Å². The molecule has 1 aromatic carbocycles. The van der Waals surface area contributed by atoms with E-state index in [4.69, 9.17) is 10.5 Å². The molecular weight excluding hydrogens is 323 g/mol. The third-order valence-corrected chi connectivity index (χ3v) is 2.86. The Hall–Kier alpha value is -2.29. The predicted octanol–water partition coefficient (Wildman–Crippen LogP) is 2.66. The maximum atomic E-state index is 13.1. The molecule has 0 aliphatic rings. The topological polar surface area (TPSA) is 104 Å². The van der Waals surface area contributed by atoms with Gasteiger partial charge in [-0.15, -0.1) is 0 Å². The van der Waals surface area contributed by atoms with Crippen molar-refractivity contribution in [3.63, 3.8) is 0 Å². The molecule has 19 heavy (non-hydrogen) atoms. The van der Waals surface area contributed by atoms with Crippen molar-refractivity contribution >= 4 is 27.4 Å². The molecule has 0 radical (unpaired) electrons. The van der Waals surface area contributed by atoms with Gasteiger partial charge in [-0.2, -0.15) is 0 Å². The number of nitrogens with zero attached hydrogens (tertiary/aromatic N) is 3. The van der Waals surface area contributed by atoms with Gasteiger partial charge in [-0.05, 0) is 22.0 Å². The zero-order valence-corrected chi connectivity index (χ0v) is 10.8. The van der Waals surface area contributed by atoms with E-state index in [-0.39, 0.29) is 27.6 Å². The molecule has 1 heterocycles. The summed E-state index contributed by atoms with van der Waals surface area (Å²) in [6.07, 6.45) is 1.13. The Labute approximate surface area is 114 Å². The summed E-state index contributed by atoms with van der Waals surface area (Å²) < 4.78 is 18.6. The molecule has 0 aliphatic carbocycles. The van der Waals surface area contributed by atoms with Crippen LogP contribution in [0.15, 0.2) is 29.0 Å². The highest BCUT2D eigenvalue weighted by atomic mass is 79.9. The van der Waals surface area contributed by atoms with Crippen LogP contribution in [0.4, 0.5) is 15.9 Å². The molecule has 98 valence electrons. The second-order valence-electron chi connectivity index (χ2n) is 3.35. The molecule has 7 nitrogen and oxygen atoms in total. The number of rotatable bonds is 3. The number of nitrogens with two attached hydrogens (primary N) is 1. The summed E-state index contributed by atoms with van der Waals surface area (Å²) in [4.78, 5) is 17.6. The first kappa shape index (κ1) is 13.1. The fraction of sp³-hybridized carbons (Fsp3) is 0. The first-order valence-corrected chi connectivity index (χ1v) is 5.66. The van der Waals surface area contributed by atoms with Crippen LogP contribution in [0, 0.1) is 15.9 Å². The van der Waals surface area contributed by atoms with Crippen LogP contribution in [-0.2, 0) is 0 Å². The number of nitro groups is 1. The Balaban J connectivity index is 2.45. The minimum atomic E-state index is -0.687. The van der Waals surface area contributed by atoms with E-state index in [1.54, 1.807) is 0 Å². The largest absolute Gasteiger partial charge is 0.430 e. The molecule has 2 N–H and O–H groups in total. The molecule has 0 saturated carbocycles. The Morgan fingerprint density at radius 3 is 2.84 bits per heavy atom. The van der Waals surface area contributed by atoms with E-state index < -0.39 is 10.7 Å². The number of ether oxygens (including phenoxy) is 1. The van der Waals surface area contributed by atoms with Gasteiger partial charge in [-0.25, -0.2) is 14.4 Å². The van der Waals surface area contributed by atoms with Crippen molar-refractivity contribution in [2.75, 3.05) is 5.73 Å². The van der Waals surface area contributed by atoms with Gasteiger partial charge in [0.25, 0.3) is 0 Å². The van der Waals surface area contributed by atoms with Crippen LogP contribution in [0.2, 0.25) is 0 Å². The second kappa shape index (κ2) is 5.14. The molecular formula is C10H6BrFN4O3. The lowest BCUT2D eigenvalue weighted by Crippen LogP contribution is -1.99. The molecule has 0 spiro atoms. The lowest BCUT2D eigenvalue weighted by atomic mass is 10.3. The Bertz CT molecular complexity index is 653. The van der Waals surface area contributed by atoms with Gasteiger partial charge in [-0.1, -0.05) is 0 Å². The van der Waals surface area contributed by atoms with Gasteiger partial charge in [0.15, 0.2) is 0 Å². The van der Waals surface area contributed by atoms with Crippen LogP contribution in [0.25, 0.3) is 0 Å². The van der Waals surface area contributed by atoms with Crippen LogP contribution in [0.1, 0.15) is 0 Å². The molecule has 0 amide bonds. The first-order chi connectivity index (χ1) is 8.99. The fourth-order valence-corrected chi connectivity index (χ4v) is 1.55. The van der Waals surface area contributed by atoms with Gasteiger partial charge in [0.1, 0.15) is 22.4 Å². The van der Waals surface area contributed by atoms with Crippen molar-refractivity contribution in [2.24, 2.45) is 0 Å². The van der Waals surface area contributed by atoms with Gasteiger partial charge in [0, 0.05) is 12.1 Å². The number of anilines is 1. The smallest absolute Gasteiger partial charge is 0.311 e. The van der Waals surface area contributed by atoms with E-state index in [2.05, 4.69) is 25.9 Å². The molecule has 2 aromatic rings. The number of nitrogen functional groups attached to an aromatic ring is 1. The van der Waals surface area contributed by atoms with E-state index in [1.807, 2.05) is 0 Å². The van der Waals surface area contributed by atoms with Gasteiger partial charge >= 0.3 is 5.69 Å². The van der Waals surface area contributed by atoms with Crippen LogP contribution >= 0.6 is 15.9 Å². The lowest BCUT2D eigenvalue weighted by molar-refractivity contribution is -0.385. The van der Waals surface area contributed by atoms with Crippen molar-refractivity contribution in [1.29, 1.82) is 0 Å². The van der Waals surface area contributed by atoms with Crippen molar-refractivity contribution in [3.05, 3.63) is 44.9 Å². The van der Waals surface area contributed by atoms with Gasteiger partial charge in [0.2, 0.25) is 11.6 Å². The highest BCUT2D eigenvalue weighted by molar-refractivity contribution is 9.10. The number of halogens is 2. The van der Waals surface area contributed by atoms with E-state index >= 15 is 0 Å². The molecule has 0 bridgehead atoms. The minimum Gasteiger partial charge on any atom is -0.430 e.